The van der Waals surface area contributed by atoms with Gasteiger partial charge in [0.05, 0.1) is 29.0 Å². The maximum Gasteiger partial charge on any atom is 0.355 e. The molecule has 2 unspecified atom stereocenters. The second kappa shape index (κ2) is 11.5. The molecule has 0 saturated carbocycles. The fourth-order valence-electron chi connectivity index (χ4n) is 6.72. The number of amides is 1. The maximum absolute atomic E-state index is 16.4. The number of benzene rings is 1. The summed E-state index contributed by atoms with van der Waals surface area (Å²) in [6, 6.07) is 7.07. The van der Waals surface area contributed by atoms with Crippen LogP contribution >= 0.6 is 0 Å². The van der Waals surface area contributed by atoms with Crippen LogP contribution in [-0.2, 0) is 17.8 Å². The van der Waals surface area contributed by atoms with Gasteiger partial charge in [-0.2, -0.15) is 4.98 Å². The Morgan fingerprint density at radius 1 is 1.06 bits per heavy atom. The average Bonchev–Trinajstić information content (AvgIpc) is 3.48. The molecule has 6 heterocycles. The Labute approximate surface area is 269 Å². The number of fused-ring (bicyclic) bond motifs is 7. The first-order valence-corrected chi connectivity index (χ1v) is 15.5. The van der Waals surface area contributed by atoms with Crippen LogP contribution in [0.2, 0.25) is 0 Å². The van der Waals surface area contributed by atoms with Gasteiger partial charge >= 0.3 is 5.69 Å². The molecule has 0 N–H and O–H groups in total. The summed E-state index contributed by atoms with van der Waals surface area (Å²) in [4.78, 5) is 44.6. The van der Waals surface area contributed by atoms with Crippen LogP contribution in [0.25, 0.3) is 28.0 Å². The summed E-state index contributed by atoms with van der Waals surface area (Å²) in [5.74, 6) is -1.51. The number of rotatable bonds is 3. The Morgan fingerprint density at radius 3 is 2.64 bits per heavy atom. The Hall–Kier alpha value is -5.33. The molecule has 240 valence electrons. The van der Waals surface area contributed by atoms with Gasteiger partial charge in [0, 0.05) is 55.1 Å². The first-order chi connectivity index (χ1) is 22.5. The predicted octanol–water partition coefficient (Wildman–Crippen LogP) is 4.40. The van der Waals surface area contributed by atoms with E-state index in [1.54, 1.807) is 40.2 Å². The lowest BCUT2D eigenvalue weighted by molar-refractivity contribution is -0.128. The minimum Gasteiger partial charge on any atom is -0.349 e. The van der Waals surface area contributed by atoms with Gasteiger partial charge in [-0.3, -0.25) is 9.78 Å². The summed E-state index contributed by atoms with van der Waals surface area (Å²) < 4.78 is 35.2. The number of pyridine rings is 2. The molecular weight excluding hydrogens is 604 g/mol. The third-order valence-corrected chi connectivity index (χ3v) is 8.95. The first kappa shape index (κ1) is 30.3. The molecule has 2 atom stereocenters. The fraction of sp³-hybridized carbons (Fsp3) is 0.324. The van der Waals surface area contributed by atoms with Crippen molar-refractivity contribution in [1.29, 1.82) is 0 Å². The molecule has 47 heavy (non-hydrogen) atoms. The molecule has 7 rings (SSSR count). The highest BCUT2D eigenvalue weighted by Crippen LogP contribution is 2.36. The fourth-order valence-corrected chi connectivity index (χ4v) is 6.72. The van der Waals surface area contributed by atoms with E-state index in [9.17, 15) is 9.59 Å². The molecule has 0 spiro atoms. The molecule has 0 aliphatic carbocycles. The highest BCUT2D eigenvalue weighted by molar-refractivity contribution is 5.91. The van der Waals surface area contributed by atoms with Crippen LogP contribution in [0.4, 0.5) is 14.6 Å². The summed E-state index contributed by atoms with van der Waals surface area (Å²) in [6.07, 6.45) is 4.89. The molecule has 1 amide bonds. The lowest BCUT2D eigenvalue weighted by atomic mass is 9.98. The van der Waals surface area contributed by atoms with Crippen LogP contribution in [-0.4, -0.2) is 70.5 Å². The zero-order valence-corrected chi connectivity index (χ0v) is 26.5. The summed E-state index contributed by atoms with van der Waals surface area (Å²) >= 11 is 0. The average molecular weight is 638 g/mol. The number of piperazine rings is 1. The van der Waals surface area contributed by atoms with Crippen molar-refractivity contribution in [3.05, 3.63) is 100 Å². The van der Waals surface area contributed by atoms with Crippen LogP contribution in [0, 0.1) is 11.6 Å². The van der Waals surface area contributed by atoms with E-state index in [1.807, 2.05) is 32.6 Å². The molecule has 5 aromatic rings. The van der Waals surface area contributed by atoms with Crippen molar-refractivity contribution in [3.63, 3.8) is 0 Å². The third kappa shape index (κ3) is 5.06. The second-order valence-electron chi connectivity index (χ2n) is 12.5. The summed E-state index contributed by atoms with van der Waals surface area (Å²) in [6.45, 7) is 12.3. The normalized spacial score (nSPS) is 17.6. The Kier molecular flexibility index (Phi) is 7.41. The summed E-state index contributed by atoms with van der Waals surface area (Å²) in [7, 11) is 0. The smallest absolute Gasteiger partial charge is 0.349 e. The van der Waals surface area contributed by atoms with E-state index in [1.165, 1.54) is 22.8 Å². The van der Waals surface area contributed by atoms with E-state index in [2.05, 4.69) is 26.9 Å². The van der Waals surface area contributed by atoms with Gasteiger partial charge in [-0.1, -0.05) is 37.8 Å². The third-order valence-electron chi connectivity index (χ3n) is 8.95. The number of hydrogen-bond donors (Lipinski definition) is 0. The highest BCUT2D eigenvalue weighted by atomic mass is 19.1. The number of anilines is 1. The highest BCUT2D eigenvalue weighted by Gasteiger charge is 2.34. The molecule has 4 bridgehead atoms. The molecule has 1 fully saturated rings. The second-order valence-corrected chi connectivity index (χ2v) is 12.5. The number of nitrogens with zero attached hydrogens (tertiary/aromatic N) is 9. The number of carbonyl (C=O) groups excluding carboxylic acids is 1. The van der Waals surface area contributed by atoms with Gasteiger partial charge in [-0.25, -0.2) is 27.8 Å². The Bertz CT molecular complexity index is 2140. The zero-order valence-electron chi connectivity index (χ0n) is 26.5. The standard InChI is InChI=1S/C34H33F2N9O2/c1-6-27(46)43-14-20(5)44(15-19(43)4)32-24-13-26(36)30-28-21(8-7-9-25(28)35)12-23-17-42(41-40-23)16-22-10-11-37-29(18(2)3)31(22)45(33(24)38-30)34(47)39-32/h6-11,13,17-20H,1,12,14-16H2,2-5H3. The van der Waals surface area contributed by atoms with Crippen molar-refractivity contribution in [1.82, 2.24) is 39.4 Å². The lowest BCUT2D eigenvalue weighted by Gasteiger charge is -2.44. The van der Waals surface area contributed by atoms with E-state index < -0.39 is 17.3 Å². The van der Waals surface area contributed by atoms with Crippen molar-refractivity contribution in [2.75, 3.05) is 18.0 Å². The number of hydrogen-bond acceptors (Lipinski definition) is 8. The molecule has 2 aliphatic rings. The van der Waals surface area contributed by atoms with Gasteiger partial charge in [-0.05, 0) is 49.6 Å². The van der Waals surface area contributed by atoms with E-state index in [4.69, 9.17) is 4.98 Å². The van der Waals surface area contributed by atoms with E-state index in [0.717, 1.165) is 0 Å². The van der Waals surface area contributed by atoms with Crippen molar-refractivity contribution < 1.29 is 13.6 Å². The molecule has 11 nitrogen and oxygen atoms in total. The molecule has 1 aromatic carbocycles. The number of halogens is 2. The lowest BCUT2D eigenvalue weighted by Crippen LogP contribution is -2.58. The molecule has 0 radical (unpaired) electrons. The topological polar surface area (TPSA) is 115 Å². The van der Waals surface area contributed by atoms with Crippen molar-refractivity contribution in [3.8, 4) is 16.9 Å². The van der Waals surface area contributed by atoms with Gasteiger partial charge in [0.2, 0.25) is 5.91 Å². The van der Waals surface area contributed by atoms with E-state index in [-0.39, 0.29) is 65.0 Å². The van der Waals surface area contributed by atoms with Crippen molar-refractivity contribution >= 4 is 22.8 Å². The largest absolute Gasteiger partial charge is 0.355 e. The van der Waals surface area contributed by atoms with Crippen LogP contribution in [0.5, 0.6) is 0 Å². The molecule has 4 aromatic heterocycles. The Balaban J connectivity index is 1.57. The van der Waals surface area contributed by atoms with Crippen molar-refractivity contribution in [2.24, 2.45) is 0 Å². The maximum atomic E-state index is 16.4. The molecule has 1 saturated heterocycles. The Morgan fingerprint density at radius 2 is 1.87 bits per heavy atom. The number of aromatic nitrogens is 7. The van der Waals surface area contributed by atoms with Crippen LogP contribution in [0.1, 0.15) is 56.1 Å². The monoisotopic (exact) mass is 637 g/mol. The van der Waals surface area contributed by atoms with Crippen LogP contribution in [0.15, 0.2) is 60.2 Å². The van der Waals surface area contributed by atoms with Crippen molar-refractivity contribution in [2.45, 2.75) is 58.7 Å². The SMILES string of the molecule is C=CC(=O)N1CC(C)N(c2nc(=O)n3c4nc(c(F)cc24)-c2c(F)cccc2Cc2cn(nn2)Cc2ccnc(C(C)C)c2-3)CC1C. The summed E-state index contributed by atoms with van der Waals surface area (Å²) in [5.41, 5.74) is 2.00. The van der Waals surface area contributed by atoms with Gasteiger partial charge in [0.1, 0.15) is 23.1 Å². The molecular formula is C34H33F2N9O2. The van der Waals surface area contributed by atoms with E-state index >= 15 is 8.78 Å². The minimum absolute atomic E-state index is 0.0212. The van der Waals surface area contributed by atoms with Crippen LogP contribution in [0.3, 0.4) is 0 Å². The van der Waals surface area contributed by atoms with E-state index in [0.29, 0.717) is 41.3 Å². The van der Waals surface area contributed by atoms with Crippen LogP contribution < -0.4 is 10.6 Å². The molecule has 13 heteroatoms. The zero-order chi connectivity index (χ0) is 33.1. The predicted molar refractivity (Wildman–Crippen MR) is 172 cm³/mol. The minimum atomic E-state index is -0.771. The number of carbonyl (C=O) groups is 1. The molecule has 2 aliphatic heterocycles. The van der Waals surface area contributed by atoms with Gasteiger partial charge in [-0.15, -0.1) is 5.10 Å². The van der Waals surface area contributed by atoms with Gasteiger partial charge in [0.15, 0.2) is 5.65 Å². The quantitative estimate of drug-likeness (QED) is 0.263. The van der Waals surface area contributed by atoms with Gasteiger partial charge < -0.3 is 9.80 Å². The van der Waals surface area contributed by atoms with Gasteiger partial charge in [0.25, 0.3) is 0 Å². The summed E-state index contributed by atoms with van der Waals surface area (Å²) in [5, 5.41) is 8.87. The first-order valence-electron chi connectivity index (χ1n) is 15.5.